The van der Waals surface area contributed by atoms with Gasteiger partial charge in [-0.2, -0.15) is 5.10 Å². The third kappa shape index (κ3) is 4.00. The minimum atomic E-state index is -0.529. The first-order valence-electron chi connectivity index (χ1n) is 7.59. The fraction of sp³-hybridized carbons (Fsp3) is 0.167. The molecule has 3 rings (SSSR count). The normalized spacial score (nSPS) is 10.7. The Morgan fingerprint density at radius 3 is 2.64 bits per heavy atom. The summed E-state index contributed by atoms with van der Waals surface area (Å²) in [4.78, 5) is 16.5. The number of carbonyl (C=O) groups is 1. The van der Waals surface area contributed by atoms with E-state index in [1.54, 1.807) is 31.3 Å². The first-order valence-corrected chi connectivity index (χ1v) is 8.35. The van der Waals surface area contributed by atoms with E-state index in [1.807, 2.05) is 24.3 Å². The molecule has 0 spiro atoms. The fourth-order valence-electron chi connectivity index (χ4n) is 2.37. The number of esters is 1. The molecule has 0 unspecified atom stereocenters. The molecular formula is C18H15Cl2N3O2. The molecule has 3 aromatic rings. The Morgan fingerprint density at radius 1 is 1.16 bits per heavy atom. The standard InChI is InChI=1S/C18H15Cl2N3O2/c1-12-16(18(24)25-11-14-7-4-5-9-21-14)17(20)23(22-12)10-13-6-2-3-8-15(13)19/h2-9H,10-11H2,1H3. The van der Waals surface area contributed by atoms with Gasteiger partial charge in [0.15, 0.2) is 0 Å². The van der Waals surface area contributed by atoms with Crippen molar-refractivity contribution in [3.8, 4) is 0 Å². The Hall–Kier alpha value is -2.37. The Kier molecular flexibility index (Phi) is 5.36. The lowest BCUT2D eigenvalue weighted by Gasteiger charge is -2.06. The van der Waals surface area contributed by atoms with Crippen LogP contribution in [0.5, 0.6) is 0 Å². The Labute approximate surface area is 155 Å². The molecule has 1 aromatic carbocycles. The maximum absolute atomic E-state index is 12.4. The molecule has 7 heteroatoms. The van der Waals surface area contributed by atoms with Crippen molar-refractivity contribution in [1.82, 2.24) is 14.8 Å². The number of pyridine rings is 1. The van der Waals surface area contributed by atoms with Crippen LogP contribution < -0.4 is 0 Å². The van der Waals surface area contributed by atoms with E-state index < -0.39 is 5.97 Å². The quantitative estimate of drug-likeness (QED) is 0.623. The highest BCUT2D eigenvalue weighted by atomic mass is 35.5. The van der Waals surface area contributed by atoms with Crippen LogP contribution in [0.2, 0.25) is 10.2 Å². The van der Waals surface area contributed by atoms with Crippen LogP contribution in [0.3, 0.4) is 0 Å². The van der Waals surface area contributed by atoms with Gasteiger partial charge in [-0.1, -0.05) is 47.5 Å². The number of halogens is 2. The summed E-state index contributed by atoms with van der Waals surface area (Å²) in [5.41, 5.74) is 2.28. The fourth-order valence-corrected chi connectivity index (χ4v) is 2.88. The molecule has 0 bridgehead atoms. The molecule has 25 heavy (non-hydrogen) atoms. The number of aryl methyl sites for hydroxylation is 1. The van der Waals surface area contributed by atoms with E-state index in [0.717, 1.165) is 5.56 Å². The number of rotatable bonds is 5. The Morgan fingerprint density at radius 2 is 1.92 bits per heavy atom. The second-order valence-corrected chi connectivity index (χ2v) is 6.16. The highest BCUT2D eigenvalue weighted by Crippen LogP contribution is 2.24. The number of hydrogen-bond donors (Lipinski definition) is 0. The molecule has 0 aliphatic rings. The third-order valence-corrected chi connectivity index (χ3v) is 4.38. The lowest BCUT2D eigenvalue weighted by Crippen LogP contribution is -2.08. The topological polar surface area (TPSA) is 57.0 Å². The summed E-state index contributed by atoms with van der Waals surface area (Å²) in [7, 11) is 0. The van der Waals surface area contributed by atoms with E-state index in [2.05, 4.69) is 10.1 Å². The zero-order valence-corrected chi connectivity index (χ0v) is 15.0. The molecule has 2 heterocycles. The molecule has 0 aliphatic carbocycles. The number of hydrogen-bond acceptors (Lipinski definition) is 4. The van der Waals surface area contributed by atoms with Crippen LogP contribution in [-0.2, 0) is 17.9 Å². The van der Waals surface area contributed by atoms with Crippen molar-refractivity contribution >= 4 is 29.2 Å². The molecule has 5 nitrogen and oxygen atoms in total. The van der Waals surface area contributed by atoms with Crippen LogP contribution in [-0.4, -0.2) is 20.7 Å². The third-order valence-electron chi connectivity index (χ3n) is 3.62. The monoisotopic (exact) mass is 375 g/mol. The minimum Gasteiger partial charge on any atom is -0.455 e. The lowest BCUT2D eigenvalue weighted by molar-refractivity contribution is 0.0467. The molecule has 2 aromatic heterocycles. The highest BCUT2D eigenvalue weighted by Gasteiger charge is 2.22. The van der Waals surface area contributed by atoms with Gasteiger partial charge in [0, 0.05) is 11.2 Å². The van der Waals surface area contributed by atoms with Gasteiger partial charge in [-0.15, -0.1) is 0 Å². The molecule has 0 aliphatic heterocycles. The maximum atomic E-state index is 12.4. The molecule has 0 amide bonds. The summed E-state index contributed by atoms with van der Waals surface area (Å²) in [5.74, 6) is -0.529. The summed E-state index contributed by atoms with van der Waals surface area (Å²) in [6.45, 7) is 2.16. The van der Waals surface area contributed by atoms with Gasteiger partial charge in [-0.05, 0) is 30.7 Å². The van der Waals surface area contributed by atoms with E-state index >= 15 is 0 Å². The van der Waals surface area contributed by atoms with Gasteiger partial charge in [0.25, 0.3) is 0 Å². The Balaban J connectivity index is 1.77. The first-order chi connectivity index (χ1) is 12.1. The smallest absolute Gasteiger partial charge is 0.343 e. The average Bonchev–Trinajstić information content (AvgIpc) is 2.89. The van der Waals surface area contributed by atoms with Crippen molar-refractivity contribution < 1.29 is 9.53 Å². The van der Waals surface area contributed by atoms with Crippen LogP contribution in [0, 0.1) is 6.92 Å². The molecule has 0 saturated heterocycles. The summed E-state index contributed by atoms with van der Waals surface area (Å²) < 4.78 is 6.83. The van der Waals surface area contributed by atoms with Gasteiger partial charge < -0.3 is 4.74 Å². The van der Waals surface area contributed by atoms with E-state index in [9.17, 15) is 4.79 Å². The van der Waals surface area contributed by atoms with E-state index in [0.29, 0.717) is 23.0 Å². The molecule has 0 fully saturated rings. The second kappa shape index (κ2) is 7.68. The van der Waals surface area contributed by atoms with Gasteiger partial charge in [0.1, 0.15) is 17.3 Å². The summed E-state index contributed by atoms with van der Waals surface area (Å²) in [6.07, 6.45) is 1.64. The predicted molar refractivity (Wildman–Crippen MR) is 95.9 cm³/mol. The molecule has 128 valence electrons. The van der Waals surface area contributed by atoms with Crippen molar-refractivity contribution in [2.24, 2.45) is 0 Å². The molecule has 0 saturated carbocycles. The van der Waals surface area contributed by atoms with Crippen LogP contribution in [0.15, 0.2) is 48.7 Å². The van der Waals surface area contributed by atoms with Crippen molar-refractivity contribution in [1.29, 1.82) is 0 Å². The van der Waals surface area contributed by atoms with Gasteiger partial charge >= 0.3 is 5.97 Å². The van der Waals surface area contributed by atoms with Crippen LogP contribution in [0.1, 0.15) is 27.3 Å². The predicted octanol–water partition coefficient (Wildman–Crippen LogP) is 4.30. The van der Waals surface area contributed by atoms with E-state index in [-0.39, 0.29) is 17.3 Å². The van der Waals surface area contributed by atoms with Crippen LogP contribution in [0.4, 0.5) is 0 Å². The van der Waals surface area contributed by atoms with Crippen molar-refractivity contribution in [3.63, 3.8) is 0 Å². The zero-order valence-electron chi connectivity index (χ0n) is 13.4. The highest BCUT2D eigenvalue weighted by molar-refractivity contribution is 6.33. The van der Waals surface area contributed by atoms with Crippen LogP contribution >= 0.6 is 23.2 Å². The molecule has 0 radical (unpaired) electrons. The number of aromatic nitrogens is 3. The zero-order chi connectivity index (χ0) is 17.8. The molecule has 0 N–H and O–H groups in total. The van der Waals surface area contributed by atoms with Gasteiger partial charge in [0.2, 0.25) is 0 Å². The number of ether oxygens (including phenoxy) is 1. The summed E-state index contributed by atoms with van der Waals surface area (Å²) >= 11 is 12.5. The van der Waals surface area contributed by atoms with Crippen molar-refractivity contribution in [2.75, 3.05) is 0 Å². The number of nitrogens with zero attached hydrogens (tertiary/aromatic N) is 3. The number of benzene rings is 1. The lowest BCUT2D eigenvalue weighted by atomic mass is 10.2. The van der Waals surface area contributed by atoms with Gasteiger partial charge in [-0.25, -0.2) is 9.48 Å². The van der Waals surface area contributed by atoms with Crippen molar-refractivity contribution in [2.45, 2.75) is 20.1 Å². The largest absolute Gasteiger partial charge is 0.455 e. The van der Waals surface area contributed by atoms with E-state index in [4.69, 9.17) is 27.9 Å². The SMILES string of the molecule is Cc1nn(Cc2ccccc2Cl)c(Cl)c1C(=O)OCc1ccccn1. The average molecular weight is 376 g/mol. The Bertz CT molecular complexity index is 895. The second-order valence-electron chi connectivity index (χ2n) is 5.40. The van der Waals surface area contributed by atoms with Gasteiger partial charge in [-0.3, -0.25) is 4.98 Å². The minimum absolute atomic E-state index is 0.0745. The maximum Gasteiger partial charge on any atom is 0.343 e. The molecular weight excluding hydrogens is 361 g/mol. The van der Waals surface area contributed by atoms with Crippen molar-refractivity contribution in [3.05, 3.63) is 81.4 Å². The summed E-state index contributed by atoms with van der Waals surface area (Å²) in [6, 6.07) is 12.8. The first kappa shape index (κ1) is 17.5. The number of carbonyl (C=O) groups excluding carboxylic acids is 1. The molecule has 0 atom stereocenters. The van der Waals surface area contributed by atoms with Crippen LogP contribution in [0.25, 0.3) is 0 Å². The summed E-state index contributed by atoms with van der Waals surface area (Å²) in [5, 5.41) is 5.17. The van der Waals surface area contributed by atoms with E-state index in [1.165, 1.54) is 4.68 Å². The van der Waals surface area contributed by atoms with Gasteiger partial charge in [0.05, 0.1) is 17.9 Å².